The van der Waals surface area contributed by atoms with Crippen LogP contribution in [-0.2, 0) is 19.2 Å². The van der Waals surface area contributed by atoms with Gasteiger partial charge in [0.2, 0.25) is 23.6 Å². The number of rotatable bonds is 11. The van der Waals surface area contributed by atoms with Gasteiger partial charge in [-0.3, -0.25) is 19.2 Å². The Morgan fingerprint density at radius 2 is 1.41 bits per heavy atom. The van der Waals surface area contributed by atoms with E-state index in [4.69, 9.17) is 5.73 Å². The first-order valence-electron chi connectivity index (χ1n) is 9.27. The van der Waals surface area contributed by atoms with E-state index in [1.54, 1.807) is 20.8 Å². The average molecular weight is 386 g/mol. The summed E-state index contributed by atoms with van der Waals surface area (Å²) in [7, 11) is 2.97. The van der Waals surface area contributed by atoms with Gasteiger partial charge in [-0.25, -0.2) is 0 Å². The van der Waals surface area contributed by atoms with Gasteiger partial charge in [0.1, 0.15) is 6.04 Å². The van der Waals surface area contributed by atoms with E-state index >= 15 is 0 Å². The molecule has 0 aliphatic heterocycles. The summed E-state index contributed by atoms with van der Waals surface area (Å²) in [6.45, 7) is 5.78. The molecule has 0 saturated heterocycles. The minimum absolute atomic E-state index is 0.0294. The molecule has 0 rings (SSSR count). The summed E-state index contributed by atoms with van der Waals surface area (Å²) in [5.74, 6) is -1.24. The van der Waals surface area contributed by atoms with Crippen LogP contribution in [0.5, 0.6) is 0 Å². The highest BCUT2D eigenvalue weighted by molar-refractivity contribution is 5.90. The molecule has 0 aromatic heterocycles. The summed E-state index contributed by atoms with van der Waals surface area (Å²) in [4.78, 5) is 48.4. The number of carbonyl (C=O) groups excluding carboxylic acids is 4. The maximum Gasteiger partial charge on any atom is 0.242 e. The Hall–Kier alpha value is -2.16. The van der Waals surface area contributed by atoms with Crippen LogP contribution in [0, 0.1) is 5.41 Å². The summed E-state index contributed by atoms with van der Waals surface area (Å²) in [6, 6.07) is -1.42. The number of hydrogen-bond donors (Lipinski definition) is 5. The second-order valence-electron chi connectivity index (χ2n) is 7.52. The number of nitrogens with two attached hydrogens (primary N) is 1. The Bertz CT molecular complexity index is 498. The first kappa shape index (κ1) is 24.8. The Morgan fingerprint density at radius 3 is 1.81 bits per heavy atom. The SMILES string of the molecule is CNC(=O)CC(CC(=O)NC)NC(=O)C(CCCCN)NC(=O)C(C)(C)C. The van der Waals surface area contributed by atoms with Crippen LogP contribution >= 0.6 is 0 Å². The number of nitrogens with one attached hydrogen (secondary N) is 4. The zero-order chi connectivity index (χ0) is 21.0. The third kappa shape index (κ3) is 10.5. The molecule has 0 aliphatic carbocycles. The standard InChI is InChI=1S/C18H35N5O4/c1-18(2,3)17(27)23-13(8-6-7-9-19)16(26)22-12(10-14(24)20-4)11-15(25)21-5/h12-13H,6-11,19H2,1-5H3,(H,20,24)(H,21,25)(H,22,26)(H,23,27). The molecule has 0 saturated carbocycles. The highest BCUT2D eigenvalue weighted by Crippen LogP contribution is 2.14. The number of amides is 4. The lowest BCUT2D eigenvalue weighted by Crippen LogP contribution is -2.53. The summed E-state index contributed by atoms with van der Waals surface area (Å²) < 4.78 is 0. The van der Waals surface area contributed by atoms with E-state index in [1.165, 1.54) is 14.1 Å². The van der Waals surface area contributed by atoms with Crippen LogP contribution in [0.2, 0.25) is 0 Å². The smallest absolute Gasteiger partial charge is 0.242 e. The van der Waals surface area contributed by atoms with Gasteiger partial charge < -0.3 is 27.0 Å². The van der Waals surface area contributed by atoms with Crippen molar-refractivity contribution in [3.05, 3.63) is 0 Å². The molecule has 0 spiro atoms. The van der Waals surface area contributed by atoms with Crippen LogP contribution in [-0.4, -0.2) is 56.4 Å². The molecule has 1 atom stereocenters. The van der Waals surface area contributed by atoms with Crippen LogP contribution in [0.4, 0.5) is 0 Å². The summed E-state index contributed by atoms with van der Waals surface area (Å²) in [5, 5.41) is 10.4. The van der Waals surface area contributed by atoms with Crippen molar-refractivity contribution in [2.45, 2.75) is 65.0 Å². The number of hydrogen-bond acceptors (Lipinski definition) is 5. The molecule has 9 heteroatoms. The van der Waals surface area contributed by atoms with E-state index in [0.717, 1.165) is 6.42 Å². The molecule has 9 nitrogen and oxygen atoms in total. The fourth-order valence-electron chi connectivity index (χ4n) is 2.26. The van der Waals surface area contributed by atoms with Crippen molar-refractivity contribution in [1.82, 2.24) is 21.3 Å². The molecule has 0 aliphatic rings. The van der Waals surface area contributed by atoms with E-state index in [9.17, 15) is 19.2 Å². The quantitative estimate of drug-likeness (QED) is 0.302. The highest BCUT2D eigenvalue weighted by Gasteiger charge is 2.29. The molecule has 6 N–H and O–H groups in total. The Kier molecular flexibility index (Phi) is 11.3. The molecule has 0 bridgehead atoms. The van der Waals surface area contributed by atoms with Gasteiger partial charge in [0.05, 0.1) is 0 Å². The van der Waals surface area contributed by atoms with E-state index < -0.39 is 23.4 Å². The minimum atomic E-state index is -0.750. The van der Waals surface area contributed by atoms with Gasteiger partial charge in [-0.05, 0) is 25.8 Å². The molecule has 0 radical (unpaired) electrons. The monoisotopic (exact) mass is 385 g/mol. The predicted molar refractivity (Wildman–Crippen MR) is 104 cm³/mol. The number of unbranched alkanes of at least 4 members (excludes halogenated alkanes) is 1. The maximum absolute atomic E-state index is 12.7. The molecule has 27 heavy (non-hydrogen) atoms. The van der Waals surface area contributed by atoms with Gasteiger partial charge in [0, 0.05) is 38.4 Å². The van der Waals surface area contributed by atoms with Crippen molar-refractivity contribution in [2.75, 3.05) is 20.6 Å². The largest absolute Gasteiger partial charge is 0.359 e. The zero-order valence-corrected chi connectivity index (χ0v) is 17.1. The van der Waals surface area contributed by atoms with Crippen molar-refractivity contribution >= 4 is 23.6 Å². The average Bonchev–Trinajstić information content (AvgIpc) is 2.59. The maximum atomic E-state index is 12.7. The predicted octanol–water partition coefficient (Wildman–Crippen LogP) is -0.597. The lowest BCUT2D eigenvalue weighted by atomic mass is 9.94. The van der Waals surface area contributed by atoms with Gasteiger partial charge in [-0.15, -0.1) is 0 Å². The van der Waals surface area contributed by atoms with Gasteiger partial charge in [0.25, 0.3) is 0 Å². The van der Waals surface area contributed by atoms with Crippen molar-refractivity contribution in [2.24, 2.45) is 11.1 Å². The van der Waals surface area contributed by atoms with E-state index in [2.05, 4.69) is 21.3 Å². The first-order chi connectivity index (χ1) is 12.5. The van der Waals surface area contributed by atoms with Crippen molar-refractivity contribution in [3.63, 3.8) is 0 Å². The summed E-state index contributed by atoms with van der Waals surface area (Å²) >= 11 is 0. The van der Waals surface area contributed by atoms with Crippen molar-refractivity contribution in [3.8, 4) is 0 Å². The Labute approximate surface area is 161 Å². The minimum Gasteiger partial charge on any atom is -0.359 e. The molecule has 0 aromatic carbocycles. The van der Waals surface area contributed by atoms with Gasteiger partial charge >= 0.3 is 0 Å². The second kappa shape index (κ2) is 12.3. The summed E-state index contributed by atoms with van der Waals surface area (Å²) in [6.07, 6.45) is 1.78. The van der Waals surface area contributed by atoms with Crippen LogP contribution in [0.1, 0.15) is 52.9 Å². The number of carbonyl (C=O) groups is 4. The fraction of sp³-hybridized carbons (Fsp3) is 0.778. The molecular weight excluding hydrogens is 350 g/mol. The normalized spacial score (nSPS) is 12.3. The molecule has 1 unspecified atom stereocenters. The second-order valence-corrected chi connectivity index (χ2v) is 7.52. The van der Waals surface area contributed by atoms with E-state index in [1.807, 2.05) is 0 Å². The molecule has 0 heterocycles. The van der Waals surface area contributed by atoms with Crippen LogP contribution < -0.4 is 27.0 Å². The molecule has 156 valence electrons. The van der Waals surface area contributed by atoms with Crippen molar-refractivity contribution < 1.29 is 19.2 Å². The molecule has 0 aromatic rings. The van der Waals surface area contributed by atoms with E-state index in [0.29, 0.717) is 19.4 Å². The molecular formula is C18H35N5O4. The molecule has 4 amide bonds. The Balaban J connectivity index is 5.17. The van der Waals surface area contributed by atoms with Crippen LogP contribution in [0.3, 0.4) is 0 Å². The Morgan fingerprint density at radius 1 is 0.889 bits per heavy atom. The van der Waals surface area contributed by atoms with Crippen LogP contribution in [0.15, 0.2) is 0 Å². The van der Waals surface area contributed by atoms with Gasteiger partial charge in [-0.1, -0.05) is 20.8 Å². The van der Waals surface area contributed by atoms with Gasteiger partial charge in [0.15, 0.2) is 0 Å². The zero-order valence-electron chi connectivity index (χ0n) is 17.1. The highest BCUT2D eigenvalue weighted by atomic mass is 16.2. The lowest BCUT2D eigenvalue weighted by Gasteiger charge is -2.26. The summed E-state index contributed by atoms with van der Waals surface area (Å²) in [5.41, 5.74) is 4.86. The van der Waals surface area contributed by atoms with Crippen molar-refractivity contribution in [1.29, 1.82) is 0 Å². The third-order valence-corrected chi connectivity index (χ3v) is 4.02. The molecule has 0 fully saturated rings. The topological polar surface area (TPSA) is 142 Å². The van der Waals surface area contributed by atoms with E-state index in [-0.39, 0.29) is 30.6 Å². The van der Waals surface area contributed by atoms with Gasteiger partial charge in [-0.2, -0.15) is 0 Å². The fourth-order valence-corrected chi connectivity index (χ4v) is 2.26. The lowest BCUT2D eigenvalue weighted by molar-refractivity contribution is -0.134. The third-order valence-electron chi connectivity index (χ3n) is 4.02. The van der Waals surface area contributed by atoms with Crippen LogP contribution in [0.25, 0.3) is 0 Å². The first-order valence-corrected chi connectivity index (χ1v) is 9.27.